The first kappa shape index (κ1) is 23.8. The Morgan fingerprint density at radius 3 is 1.56 bits per heavy atom. The minimum Gasteiger partial charge on any atom is -0.290 e. The molecule has 1 aliphatic rings. The second-order valence-corrected chi connectivity index (χ2v) is 11.4. The largest absolute Gasteiger partial charge is 0.290 e. The number of likely N-dealkylation sites (tertiary alicyclic amines) is 1. The second-order valence-electron chi connectivity index (χ2n) is 7.70. The van der Waals surface area contributed by atoms with Gasteiger partial charge in [-0.25, -0.2) is 0 Å². The van der Waals surface area contributed by atoms with Crippen LogP contribution in [0.3, 0.4) is 0 Å². The first-order chi connectivity index (χ1) is 15.4. The molecule has 1 aliphatic heterocycles. The zero-order valence-corrected chi connectivity index (χ0v) is 23.3. The van der Waals surface area contributed by atoms with Crippen LogP contribution in [0.4, 0.5) is 0 Å². The third kappa shape index (κ3) is 6.39. The number of halogens is 4. The normalized spacial score (nSPS) is 17.3. The SMILES string of the molecule is O=C1/C(=C/c2cc(Br)cc(Br)c2)CN(Cc2ccccc2)C/C1=C\c1cc(Br)cc(Br)c1. The second kappa shape index (κ2) is 10.7. The van der Waals surface area contributed by atoms with E-state index in [1.54, 1.807) is 0 Å². The molecule has 0 bridgehead atoms. The molecule has 0 saturated carbocycles. The number of hydrogen-bond acceptors (Lipinski definition) is 2. The Morgan fingerprint density at radius 1 is 0.688 bits per heavy atom. The molecule has 0 atom stereocenters. The van der Waals surface area contributed by atoms with Crippen LogP contribution in [0.2, 0.25) is 0 Å². The lowest BCUT2D eigenvalue weighted by Crippen LogP contribution is -2.37. The minimum absolute atomic E-state index is 0.0986. The van der Waals surface area contributed by atoms with Crippen molar-refractivity contribution >= 4 is 81.7 Å². The van der Waals surface area contributed by atoms with Gasteiger partial charge < -0.3 is 0 Å². The van der Waals surface area contributed by atoms with Gasteiger partial charge in [0.2, 0.25) is 0 Å². The predicted molar refractivity (Wildman–Crippen MR) is 146 cm³/mol. The van der Waals surface area contributed by atoms with Crippen molar-refractivity contribution in [1.82, 2.24) is 4.90 Å². The molecule has 2 nitrogen and oxygen atoms in total. The van der Waals surface area contributed by atoms with Gasteiger partial charge in [-0.05, 0) is 65.2 Å². The molecule has 0 N–H and O–H groups in total. The zero-order chi connectivity index (χ0) is 22.7. The highest BCUT2D eigenvalue weighted by atomic mass is 79.9. The fourth-order valence-electron chi connectivity index (χ4n) is 3.78. The molecule has 0 aliphatic carbocycles. The molecule has 4 rings (SSSR count). The Morgan fingerprint density at radius 2 is 1.12 bits per heavy atom. The summed E-state index contributed by atoms with van der Waals surface area (Å²) in [6.07, 6.45) is 4.00. The number of piperidine rings is 1. The van der Waals surface area contributed by atoms with Crippen LogP contribution in [-0.2, 0) is 11.3 Å². The highest BCUT2D eigenvalue weighted by molar-refractivity contribution is 9.11. The van der Waals surface area contributed by atoms with Crippen LogP contribution < -0.4 is 0 Å². The van der Waals surface area contributed by atoms with E-state index in [9.17, 15) is 4.79 Å². The number of carbonyl (C=O) groups excluding carboxylic acids is 1. The van der Waals surface area contributed by atoms with Crippen LogP contribution in [0, 0.1) is 0 Å². The fraction of sp³-hybridized carbons (Fsp3) is 0.115. The Labute approximate surface area is 221 Å². The fourth-order valence-corrected chi connectivity index (χ4v) is 6.44. The van der Waals surface area contributed by atoms with Crippen molar-refractivity contribution in [3.63, 3.8) is 0 Å². The number of hydrogen-bond donors (Lipinski definition) is 0. The molecule has 32 heavy (non-hydrogen) atoms. The molecule has 0 radical (unpaired) electrons. The minimum atomic E-state index is 0.0986. The molecule has 162 valence electrons. The van der Waals surface area contributed by atoms with Gasteiger partial charge in [0.05, 0.1) is 0 Å². The summed E-state index contributed by atoms with van der Waals surface area (Å²) in [5, 5.41) is 0. The van der Waals surface area contributed by atoms with Crippen LogP contribution in [-0.4, -0.2) is 23.8 Å². The lowest BCUT2D eigenvalue weighted by molar-refractivity contribution is -0.113. The summed E-state index contributed by atoms with van der Waals surface area (Å²) in [6.45, 7) is 2.00. The van der Waals surface area contributed by atoms with Gasteiger partial charge in [0.1, 0.15) is 0 Å². The molecule has 0 aromatic heterocycles. The summed E-state index contributed by atoms with van der Waals surface area (Å²) in [5.41, 5.74) is 4.78. The number of benzene rings is 3. The van der Waals surface area contributed by atoms with E-state index < -0.39 is 0 Å². The molecular formula is C26H19Br4NO. The van der Waals surface area contributed by atoms with Gasteiger partial charge in [0.25, 0.3) is 0 Å². The van der Waals surface area contributed by atoms with Crippen molar-refractivity contribution in [2.75, 3.05) is 13.1 Å². The Hall–Kier alpha value is -1.31. The Bertz CT molecular complexity index is 1100. The molecule has 3 aromatic carbocycles. The Kier molecular flexibility index (Phi) is 8.00. The smallest absolute Gasteiger partial charge is 0.187 e. The first-order valence-corrected chi connectivity index (χ1v) is 13.2. The van der Waals surface area contributed by atoms with Crippen molar-refractivity contribution in [3.8, 4) is 0 Å². The summed E-state index contributed by atoms with van der Waals surface area (Å²) in [6, 6.07) is 22.5. The van der Waals surface area contributed by atoms with Gasteiger partial charge in [-0.1, -0.05) is 94.1 Å². The molecule has 1 saturated heterocycles. The maximum Gasteiger partial charge on any atom is 0.187 e. The molecule has 0 spiro atoms. The zero-order valence-electron chi connectivity index (χ0n) is 17.0. The summed E-state index contributed by atoms with van der Waals surface area (Å²) in [7, 11) is 0. The molecule has 0 unspecified atom stereocenters. The van der Waals surface area contributed by atoms with Gasteiger partial charge >= 0.3 is 0 Å². The van der Waals surface area contributed by atoms with E-state index in [0.29, 0.717) is 13.1 Å². The van der Waals surface area contributed by atoms with E-state index >= 15 is 0 Å². The van der Waals surface area contributed by atoms with Crippen LogP contribution in [0.5, 0.6) is 0 Å². The third-order valence-electron chi connectivity index (χ3n) is 5.07. The van der Waals surface area contributed by atoms with E-state index in [2.05, 4.69) is 92.9 Å². The standard InChI is InChI=1S/C26H19Br4NO/c27-22-8-18(9-23(28)12-22)6-20-15-31(14-17-4-2-1-3-5-17)16-21(26(20)32)7-19-10-24(29)13-25(30)11-19/h1-13H,14-16H2/b20-6+,21-7+. The summed E-state index contributed by atoms with van der Waals surface area (Å²) >= 11 is 14.2. The topological polar surface area (TPSA) is 20.3 Å². The molecule has 0 amide bonds. The number of carbonyl (C=O) groups is 1. The van der Waals surface area contributed by atoms with E-state index in [1.807, 2.05) is 54.6 Å². The molecule has 3 aromatic rings. The highest BCUT2D eigenvalue weighted by Crippen LogP contribution is 2.28. The molecule has 1 heterocycles. The average molecular weight is 681 g/mol. The maximum atomic E-state index is 13.5. The number of ketones is 1. The molecule has 1 fully saturated rings. The van der Waals surface area contributed by atoms with Crippen LogP contribution in [0.1, 0.15) is 16.7 Å². The van der Waals surface area contributed by atoms with Gasteiger partial charge in [-0.15, -0.1) is 0 Å². The van der Waals surface area contributed by atoms with Crippen molar-refractivity contribution < 1.29 is 4.79 Å². The number of rotatable bonds is 4. The van der Waals surface area contributed by atoms with Crippen LogP contribution in [0.25, 0.3) is 12.2 Å². The van der Waals surface area contributed by atoms with Gasteiger partial charge in [-0.2, -0.15) is 0 Å². The van der Waals surface area contributed by atoms with Crippen molar-refractivity contribution in [3.05, 3.63) is 112 Å². The van der Waals surface area contributed by atoms with Crippen LogP contribution in [0.15, 0.2) is 95.8 Å². The van der Waals surface area contributed by atoms with Gasteiger partial charge in [-0.3, -0.25) is 9.69 Å². The van der Waals surface area contributed by atoms with Crippen molar-refractivity contribution in [2.24, 2.45) is 0 Å². The molecule has 6 heteroatoms. The average Bonchev–Trinajstić information content (AvgIpc) is 2.70. The third-order valence-corrected chi connectivity index (χ3v) is 6.90. The van der Waals surface area contributed by atoms with Crippen LogP contribution >= 0.6 is 63.7 Å². The first-order valence-electron chi connectivity index (χ1n) is 10.00. The lowest BCUT2D eigenvalue weighted by atomic mass is 9.94. The monoisotopic (exact) mass is 677 g/mol. The van der Waals surface area contributed by atoms with Gasteiger partial charge in [0, 0.05) is 48.7 Å². The van der Waals surface area contributed by atoms with E-state index in [0.717, 1.165) is 46.7 Å². The number of Topliss-reactive ketones (excluding diaryl/α,β-unsaturated/α-hetero) is 1. The maximum absolute atomic E-state index is 13.5. The summed E-state index contributed by atoms with van der Waals surface area (Å²) in [5.74, 6) is 0.0986. The lowest BCUT2D eigenvalue weighted by Gasteiger charge is -2.30. The molecular weight excluding hydrogens is 662 g/mol. The van der Waals surface area contributed by atoms with Crippen molar-refractivity contribution in [2.45, 2.75) is 6.54 Å². The van der Waals surface area contributed by atoms with E-state index in [-0.39, 0.29) is 5.78 Å². The quantitative estimate of drug-likeness (QED) is 0.259. The highest BCUT2D eigenvalue weighted by Gasteiger charge is 2.26. The summed E-state index contributed by atoms with van der Waals surface area (Å²) in [4.78, 5) is 15.8. The van der Waals surface area contributed by atoms with E-state index in [1.165, 1.54) is 5.56 Å². The Balaban J connectivity index is 1.72. The van der Waals surface area contributed by atoms with E-state index in [4.69, 9.17) is 0 Å². The predicted octanol–water partition coefficient (Wildman–Crippen LogP) is 8.29. The van der Waals surface area contributed by atoms with Crippen molar-refractivity contribution in [1.29, 1.82) is 0 Å². The summed E-state index contributed by atoms with van der Waals surface area (Å²) < 4.78 is 3.88. The van der Waals surface area contributed by atoms with Gasteiger partial charge in [0.15, 0.2) is 5.78 Å². The number of nitrogens with zero attached hydrogens (tertiary/aromatic N) is 1.